The summed E-state index contributed by atoms with van der Waals surface area (Å²) in [6, 6.07) is 58.4. The average molecular weight is 861 g/mol. The van der Waals surface area contributed by atoms with Crippen LogP contribution in [0.25, 0.3) is 44.3 Å². The fourth-order valence-corrected chi connectivity index (χ4v) is 8.14. The molecule has 0 saturated heterocycles. The standard InChI is InChI=1S/C52H44N5O.Pd/c1-51(2,3)35-27-28-53-48(31-35)57-47-33-40(25-26-43(47)49-50(57)42-21-13-14-22-44(42)56(49)38-19-11-8-12-20-38)58-41-30-36(52(4,5)6)29-39(32-41)55-34-54(37-17-9-7-10-18-37)45-23-15-16-24-46(45)55;/h7-31,34H,1-6H3;/q-3;. The normalized spacial score (nSPS) is 13.0. The number of pyridine rings is 1. The summed E-state index contributed by atoms with van der Waals surface area (Å²) >= 11 is 0. The Labute approximate surface area is 360 Å². The molecule has 0 spiro atoms. The molecular weight excluding hydrogens is 817 g/mol. The number of ether oxygens (including phenoxy) is 1. The van der Waals surface area contributed by atoms with Crippen LogP contribution in [-0.4, -0.2) is 14.1 Å². The molecule has 0 saturated carbocycles. The monoisotopic (exact) mass is 860 g/mol. The van der Waals surface area contributed by atoms with Gasteiger partial charge in [0.1, 0.15) is 5.82 Å². The predicted octanol–water partition coefficient (Wildman–Crippen LogP) is 13.5. The van der Waals surface area contributed by atoms with E-state index in [1.54, 1.807) is 0 Å². The smallest absolute Gasteiger partial charge is 0.135 e. The number of anilines is 4. The molecule has 0 unspecified atom stereocenters. The van der Waals surface area contributed by atoms with Gasteiger partial charge in [0.15, 0.2) is 0 Å². The van der Waals surface area contributed by atoms with E-state index in [0.29, 0.717) is 11.5 Å². The molecule has 0 bridgehead atoms. The van der Waals surface area contributed by atoms with Gasteiger partial charge < -0.3 is 23.7 Å². The van der Waals surface area contributed by atoms with Crippen molar-refractivity contribution in [1.82, 2.24) is 14.1 Å². The topological polar surface area (TPSA) is 38.5 Å². The Balaban J connectivity index is 0.00000449. The summed E-state index contributed by atoms with van der Waals surface area (Å²) in [5.74, 6) is 2.06. The third-order valence-corrected chi connectivity index (χ3v) is 11.1. The zero-order chi connectivity index (χ0) is 39.8. The molecule has 0 amide bonds. The van der Waals surface area contributed by atoms with Gasteiger partial charge in [0.25, 0.3) is 0 Å². The molecular formula is C52H44N5OPd-3. The second-order valence-corrected chi connectivity index (χ2v) is 17.1. The van der Waals surface area contributed by atoms with Crippen LogP contribution >= 0.6 is 0 Å². The van der Waals surface area contributed by atoms with Crippen molar-refractivity contribution in [3.05, 3.63) is 182 Å². The molecule has 3 aromatic heterocycles. The number of hydrogen-bond acceptors (Lipinski definition) is 4. The van der Waals surface area contributed by atoms with Crippen molar-refractivity contribution in [3.8, 4) is 23.0 Å². The minimum absolute atomic E-state index is 0. The SMILES string of the molecule is CC(C)(C)c1cc(Oc2[c-]c3c(cc2)c2c(c4ccccc4n2-c2ccccc2)n3-c2cc(C(C)(C)C)ccn2)[c-]c(N2[CH-]N(c3ccccc3)c3ccccc32)c1.[Pd]. The zero-order valence-corrected chi connectivity index (χ0v) is 35.5. The maximum absolute atomic E-state index is 6.86. The third-order valence-electron chi connectivity index (χ3n) is 11.1. The fraction of sp³-hybridized carbons (Fsp3) is 0.154. The number of hydrogen-bond donors (Lipinski definition) is 0. The fourth-order valence-electron chi connectivity index (χ4n) is 8.14. The van der Waals surface area contributed by atoms with Crippen LogP contribution in [0.5, 0.6) is 11.5 Å². The Morgan fingerprint density at radius 2 is 1.17 bits per heavy atom. The Kier molecular flexibility index (Phi) is 9.50. The van der Waals surface area contributed by atoms with Crippen molar-refractivity contribution in [2.24, 2.45) is 0 Å². The summed E-state index contributed by atoms with van der Waals surface area (Å²) in [6.07, 6.45) is 1.92. The minimum atomic E-state index is -0.151. The molecule has 0 atom stereocenters. The summed E-state index contributed by atoms with van der Waals surface area (Å²) in [5.41, 5.74) is 11.6. The molecule has 7 heteroatoms. The van der Waals surface area contributed by atoms with E-state index in [2.05, 4.69) is 213 Å². The van der Waals surface area contributed by atoms with Crippen LogP contribution in [-0.2, 0) is 31.3 Å². The largest absolute Gasteiger partial charge is 0.509 e. The minimum Gasteiger partial charge on any atom is -0.509 e. The Hall–Kier alpha value is -6.13. The van der Waals surface area contributed by atoms with E-state index in [0.717, 1.165) is 72.7 Å². The van der Waals surface area contributed by atoms with Gasteiger partial charge in [-0.15, -0.1) is 48.3 Å². The molecule has 296 valence electrons. The van der Waals surface area contributed by atoms with Crippen LogP contribution in [0, 0.1) is 18.8 Å². The van der Waals surface area contributed by atoms with Crippen molar-refractivity contribution < 1.29 is 25.2 Å². The number of rotatable bonds is 6. The molecule has 0 fully saturated rings. The molecule has 1 aliphatic rings. The Morgan fingerprint density at radius 3 is 1.88 bits per heavy atom. The van der Waals surface area contributed by atoms with E-state index in [1.165, 1.54) is 5.56 Å². The van der Waals surface area contributed by atoms with E-state index < -0.39 is 0 Å². The van der Waals surface area contributed by atoms with Gasteiger partial charge in [0.05, 0.1) is 11.0 Å². The number of para-hydroxylation sites is 5. The van der Waals surface area contributed by atoms with Crippen molar-refractivity contribution in [2.75, 3.05) is 9.80 Å². The quantitative estimate of drug-likeness (QED) is 0.123. The first-order valence-electron chi connectivity index (χ1n) is 19.9. The van der Waals surface area contributed by atoms with Gasteiger partial charge in [0.2, 0.25) is 0 Å². The average Bonchev–Trinajstić information content (AvgIpc) is 3.89. The van der Waals surface area contributed by atoms with Crippen LogP contribution < -0.4 is 14.5 Å². The third kappa shape index (κ3) is 6.69. The van der Waals surface area contributed by atoms with Gasteiger partial charge in [-0.05, 0) is 71.0 Å². The molecule has 1 aliphatic heterocycles. The molecule has 0 N–H and O–H groups in total. The maximum atomic E-state index is 6.86. The second kappa shape index (κ2) is 14.6. The van der Waals surface area contributed by atoms with Crippen molar-refractivity contribution >= 4 is 55.6 Å². The summed E-state index contributed by atoms with van der Waals surface area (Å²) in [7, 11) is 0. The second-order valence-electron chi connectivity index (χ2n) is 17.1. The molecule has 6 aromatic carbocycles. The first kappa shape index (κ1) is 38.4. The van der Waals surface area contributed by atoms with Crippen LogP contribution in [0.3, 0.4) is 0 Å². The summed E-state index contributed by atoms with van der Waals surface area (Å²) in [6.45, 7) is 15.6. The Morgan fingerprint density at radius 1 is 0.542 bits per heavy atom. The van der Waals surface area contributed by atoms with Crippen molar-refractivity contribution in [2.45, 2.75) is 52.4 Å². The van der Waals surface area contributed by atoms with E-state index >= 15 is 0 Å². The molecule has 59 heavy (non-hydrogen) atoms. The predicted molar refractivity (Wildman–Crippen MR) is 238 cm³/mol. The molecule has 10 rings (SSSR count). The van der Waals surface area contributed by atoms with E-state index in [4.69, 9.17) is 9.72 Å². The van der Waals surface area contributed by atoms with Gasteiger partial charge in [0, 0.05) is 71.8 Å². The van der Waals surface area contributed by atoms with Crippen LogP contribution in [0.2, 0.25) is 0 Å². The zero-order valence-electron chi connectivity index (χ0n) is 34.0. The summed E-state index contributed by atoms with van der Waals surface area (Å²) in [5, 5.41) is 2.20. The van der Waals surface area contributed by atoms with Gasteiger partial charge >= 0.3 is 0 Å². The first-order chi connectivity index (χ1) is 28.0. The number of aromatic nitrogens is 3. The number of fused-ring (bicyclic) bond motifs is 6. The number of benzene rings is 6. The Bertz CT molecular complexity index is 2990. The summed E-state index contributed by atoms with van der Waals surface area (Å²) < 4.78 is 11.5. The van der Waals surface area contributed by atoms with Gasteiger partial charge in [-0.25, -0.2) is 4.98 Å². The molecule has 0 aliphatic carbocycles. The maximum Gasteiger partial charge on any atom is 0.135 e. The van der Waals surface area contributed by atoms with Crippen LogP contribution in [0.15, 0.2) is 152 Å². The molecule has 9 aromatic rings. The van der Waals surface area contributed by atoms with E-state index in [-0.39, 0.29) is 31.3 Å². The van der Waals surface area contributed by atoms with Crippen LogP contribution in [0.1, 0.15) is 52.7 Å². The number of nitrogens with zero attached hydrogens (tertiary/aromatic N) is 5. The van der Waals surface area contributed by atoms with E-state index in [1.807, 2.05) is 18.3 Å². The van der Waals surface area contributed by atoms with Gasteiger partial charge in [-0.2, -0.15) is 6.07 Å². The first-order valence-corrected chi connectivity index (χ1v) is 19.9. The molecule has 0 radical (unpaired) electrons. The van der Waals surface area contributed by atoms with Crippen molar-refractivity contribution in [3.63, 3.8) is 0 Å². The molecule has 4 heterocycles. The van der Waals surface area contributed by atoms with Crippen LogP contribution in [0.4, 0.5) is 22.7 Å². The van der Waals surface area contributed by atoms with Gasteiger partial charge in [-0.1, -0.05) is 119 Å². The van der Waals surface area contributed by atoms with Crippen molar-refractivity contribution in [1.29, 1.82) is 0 Å². The van der Waals surface area contributed by atoms with E-state index in [9.17, 15) is 0 Å². The summed E-state index contributed by atoms with van der Waals surface area (Å²) in [4.78, 5) is 9.44. The molecule has 6 nitrogen and oxygen atoms in total. The van der Waals surface area contributed by atoms with Gasteiger partial charge in [-0.3, -0.25) is 0 Å².